The van der Waals surface area contributed by atoms with Gasteiger partial charge in [0.25, 0.3) is 0 Å². The molecule has 0 saturated heterocycles. The van der Waals surface area contributed by atoms with E-state index in [2.05, 4.69) is 10.6 Å². The average Bonchev–Trinajstić information content (AvgIpc) is 2.95. The number of halogens is 1. The van der Waals surface area contributed by atoms with Crippen LogP contribution in [0, 0.1) is 0 Å². The Bertz CT molecular complexity index is 363. The maximum absolute atomic E-state index is 11.3. The lowest BCUT2D eigenvalue weighted by atomic mass is 10.3. The minimum absolute atomic E-state index is 0.103. The first kappa shape index (κ1) is 11.9. The van der Waals surface area contributed by atoms with Crippen molar-refractivity contribution < 1.29 is 4.79 Å². The summed E-state index contributed by atoms with van der Waals surface area (Å²) in [6.45, 7) is 1.23. The van der Waals surface area contributed by atoms with Gasteiger partial charge in [-0.2, -0.15) is 0 Å². The fourth-order valence-corrected chi connectivity index (χ4v) is 2.49. The van der Waals surface area contributed by atoms with Gasteiger partial charge in [-0.15, -0.1) is 11.3 Å². The van der Waals surface area contributed by atoms with E-state index >= 15 is 0 Å². The second-order valence-corrected chi connectivity index (χ2v) is 5.77. The fourth-order valence-electron chi connectivity index (χ4n) is 1.41. The van der Waals surface area contributed by atoms with Crippen molar-refractivity contribution in [3.8, 4) is 0 Å². The maximum Gasteiger partial charge on any atom is 0.234 e. The molecule has 1 aliphatic carbocycles. The van der Waals surface area contributed by atoms with E-state index in [-0.39, 0.29) is 5.91 Å². The molecule has 2 rings (SSSR count). The lowest BCUT2D eigenvalue weighted by Crippen LogP contribution is -2.35. The summed E-state index contributed by atoms with van der Waals surface area (Å²) < 4.78 is 0.821. The molecule has 1 saturated carbocycles. The second-order valence-electron chi connectivity index (χ2n) is 3.97. The zero-order valence-electron chi connectivity index (χ0n) is 8.96. The van der Waals surface area contributed by atoms with Crippen LogP contribution in [-0.2, 0) is 11.2 Å². The molecule has 1 aromatic heterocycles. The van der Waals surface area contributed by atoms with Gasteiger partial charge >= 0.3 is 0 Å². The van der Waals surface area contributed by atoms with Gasteiger partial charge in [0.1, 0.15) is 0 Å². The second kappa shape index (κ2) is 5.66. The molecule has 1 aromatic rings. The van der Waals surface area contributed by atoms with Gasteiger partial charge in [-0.3, -0.25) is 4.79 Å². The molecule has 0 aromatic carbocycles. The highest BCUT2D eigenvalue weighted by molar-refractivity contribution is 7.16. The molecule has 1 amide bonds. The van der Waals surface area contributed by atoms with Crippen LogP contribution in [0.15, 0.2) is 12.1 Å². The van der Waals surface area contributed by atoms with Crippen LogP contribution in [-0.4, -0.2) is 25.0 Å². The quantitative estimate of drug-likeness (QED) is 0.765. The smallest absolute Gasteiger partial charge is 0.234 e. The predicted octanol–water partition coefficient (Wildman–Crippen LogP) is 1.81. The molecule has 0 atom stereocenters. The fraction of sp³-hybridized carbons (Fsp3) is 0.545. The van der Waals surface area contributed by atoms with Crippen LogP contribution in [0.4, 0.5) is 0 Å². The van der Waals surface area contributed by atoms with Gasteiger partial charge in [-0.25, -0.2) is 0 Å². The highest BCUT2D eigenvalue weighted by Gasteiger charge is 2.22. The molecule has 0 aliphatic heterocycles. The average molecular weight is 259 g/mol. The topological polar surface area (TPSA) is 41.1 Å². The highest BCUT2D eigenvalue weighted by atomic mass is 35.5. The highest BCUT2D eigenvalue weighted by Crippen LogP contribution is 2.21. The third-order valence-corrected chi connectivity index (χ3v) is 3.70. The number of hydrogen-bond donors (Lipinski definition) is 2. The van der Waals surface area contributed by atoms with E-state index in [1.807, 2.05) is 12.1 Å². The number of amides is 1. The molecule has 3 nitrogen and oxygen atoms in total. The van der Waals surface area contributed by atoms with Gasteiger partial charge in [0.05, 0.1) is 10.9 Å². The Hall–Kier alpha value is -0.580. The summed E-state index contributed by atoms with van der Waals surface area (Å²) in [6.07, 6.45) is 3.20. The van der Waals surface area contributed by atoms with Crippen LogP contribution >= 0.6 is 22.9 Å². The number of carbonyl (C=O) groups excluding carboxylic acids is 1. The first-order valence-corrected chi connectivity index (χ1v) is 6.68. The zero-order valence-corrected chi connectivity index (χ0v) is 10.5. The van der Waals surface area contributed by atoms with E-state index in [9.17, 15) is 4.79 Å². The van der Waals surface area contributed by atoms with Crippen molar-refractivity contribution in [2.45, 2.75) is 25.3 Å². The Morgan fingerprint density at radius 2 is 2.31 bits per heavy atom. The Kier molecular flexibility index (Phi) is 4.21. The van der Waals surface area contributed by atoms with Gasteiger partial charge < -0.3 is 10.6 Å². The van der Waals surface area contributed by atoms with Crippen LogP contribution in [0.2, 0.25) is 4.34 Å². The summed E-state index contributed by atoms with van der Waals surface area (Å²) in [4.78, 5) is 12.6. The Morgan fingerprint density at radius 1 is 1.50 bits per heavy atom. The first-order chi connectivity index (χ1) is 7.74. The lowest BCUT2D eigenvalue weighted by Gasteiger charge is -2.04. The molecular formula is C11H15ClN2OS. The molecule has 2 N–H and O–H groups in total. The predicted molar refractivity (Wildman–Crippen MR) is 67.1 cm³/mol. The van der Waals surface area contributed by atoms with Gasteiger partial charge in [0.2, 0.25) is 5.91 Å². The van der Waals surface area contributed by atoms with Crippen molar-refractivity contribution in [1.82, 2.24) is 10.6 Å². The molecule has 1 fully saturated rings. The lowest BCUT2D eigenvalue weighted by molar-refractivity contribution is -0.120. The minimum Gasteiger partial charge on any atom is -0.352 e. The van der Waals surface area contributed by atoms with Crippen molar-refractivity contribution in [2.24, 2.45) is 0 Å². The number of carbonyl (C=O) groups is 1. The summed E-state index contributed by atoms with van der Waals surface area (Å²) >= 11 is 7.41. The van der Waals surface area contributed by atoms with Crippen LogP contribution in [0.1, 0.15) is 17.7 Å². The molecule has 0 spiro atoms. The Balaban J connectivity index is 1.55. The van der Waals surface area contributed by atoms with Crippen molar-refractivity contribution in [3.05, 3.63) is 21.3 Å². The third-order valence-electron chi connectivity index (χ3n) is 2.41. The van der Waals surface area contributed by atoms with Crippen LogP contribution in [0.3, 0.4) is 0 Å². The van der Waals surface area contributed by atoms with Crippen molar-refractivity contribution in [3.63, 3.8) is 0 Å². The number of thiophene rings is 1. The summed E-state index contributed by atoms with van der Waals surface area (Å²) in [5.41, 5.74) is 0. The number of hydrogen-bond acceptors (Lipinski definition) is 3. The van der Waals surface area contributed by atoms with Crippen LogP contribution in [0.5, 0.6) is 0 Å². The Labute approximate surface area is 104 Å². The van der Waals surface area contributed by atoms with Gasteiger partial charge in [0, 0.05) is 17.5 Å². The van der Waals surface area contributed by atoms with E-state index in [1.54, 1.807) is 11.3 Å². The van der Waals surface area contributed by atoms with Crippen LogP contribution in [0.25, 0.3) is 0 Å². The first-order valence-electron chi connectivity index (χ1n) is 5.48. The molecule has 1 aliphatic rings. The van der Waals surface area contributed by atoms with E-state index in [0.29, 0.717) is 12.6 Å². The maximum atomic E-state index is 11.3. The van der Waals surface area contributed by atoms with Gasteiger partial charge in [-0.1, -0.05) is 11.6 Å². The Morgan fingerprint density at radius 3 is 2.94 bits per heavy atom. The number of rotatable bonds is 6. The minimum atomic E-state index is 0.103. The molecule has 88 valence electrons. The number of nitrogens with one attached hydrogen (secondary N) is 2. The molecule has 0 radical (unpaired) electrons. The molecule has 1 heterocycles. The summed E-state index contributed by atoms with van der Waals surface area (Å²) in [5, 5.41) is 6.06. The zero-order chi connectivity index (χ0) is 11.4. The van der Waals surface area contributed by atoms with E-state index < -0.39 is 0 Å². The van der Waals surface area contributed by atoms with Gasteiger partial charge in [-0.05, 0) is 31.4 Å². The van der Waals surface area contributed by atoms with Crippen molar-refractivity contribution >= 4 is 28.8 Å². The summed E-state index contributed by atoms with van der Waals surface area (Å²) in [7, 11) is 0. The molecule has 0 bridgehead atoms. The van der Waals surface area contributed by atoms with Crippen molar-refractivity contribution in [1.29, 1.82) is 0 Å². The summed E-state index contributed by atoms with van der Waals surface area (Å²) in [6, 6.07) is 4.38. The molecule has 5 heteroatoms. The molecular weight excluding hydrogens is 244 g/mol. The third kappa shape index (κ3) is 4.12. The molecule has 0 unspecified atom stereocenters. The normalized spacial score (nSPS) is 15.1. The SMILES string of the molecule is O=C(CNCCc1ccc(Cl)s1)NC1CC1. The standard InChI is InChI=1S/C11H15ClN2OS/c12-10-4-3-9(16-10)5-6-13-7-11(15)14-8-1-2-8/h3-4,8,13H,1-2,5-7H2,(H,14,15). The largest absolute Gasteiger partial charge is 0.352 e. The van der Waals surface area contributed by atoms with Crippen LogP contribution < -0.4 is 10.6 Å². The van der Waals surface area contributed by atoms with Gasteiger partial charge in [0.15, 0.2) is 0 Å². The van der Waals surface area contributed by atoms with E-state index in [0.717, 1.165) is 30.1 Å². The summed E-state index contributed by atoms with van der Waals surface area (Å²) in [5.74, 6) is 0.103. The van der Waals surface area contributed by atoms with E-state index in [4.69, 9.17) is 11.6 Å². The monoisotopic (exact) mass is 258 g/mol. The molecule has 16 heavy (non-hydrogen) atoms. The van der Waals surface area contributed by atoms with Crippen molar-refractivity contribution in [2.75, 3.05) is 13.1 Å². The van der Waals surface area contributed by atoms with E-state index in [1.165, 1.54) is 4.88 Å².